The molecule has 0 aromatic carbocycles. The lowest BCUT2D eigenvalue weighted by Gasteiger charge is -1.97. The summed E-state index contributed by atoms with van der Waals surface area (Å²) in [5, 5.41) is 18.9. The zero-order valence-corrected chi connectivity index (χ0v) is 6.79. The van der Waals surface area contributed by atoms with E-state index in [0.717, 1.165) is 0 Å². The van der Waals surface area contributed by atoms with Crippen molar-refractivity contribution < 1.29 is 14.7 Å². The average Bonchev–Trinajstić information content (AvgIpc) is 2.52. The van der Waals surface area contributed by atoms with Crippen LogP contribution in [0.2, 0.25) is 0 Å². The summed E-state index contributed by atoms with van der Waals surface area (Å²) in [4.78, 5) is 21.1. The van der Waals surface area contributed by atoms with Crippen LogP contribution in [-0.4, -0.2) is 34.4 Å². The maximum atomic E-state index is 10.7. The third-order valence-electron chi connectivity index (χ3n) is 1.28. The highest BCUT2D eigenvalue weighted by atomic mass is 16.4. The highest BCUT2D eigenvalue weighted by molar-refractivity contribution is 5.91. The van der Waals surface area contributed by atoms with Gasteiger partial charge in [-0.15, -0.1) is 0 Å². The van der Waals surface area contributed by atoms with Crippen molar-refractivity contribution in [2.75, 3.05) is 12.4 Å². The lowest BCUT2D eigenvalue weighted by molar-refractivity contribution is 0.0690. The Bertz CT molecular complexity index is 332. The number of carbonyl (C=O) groups is 2. The van der Waals surface area contributed by atoms with Gasteiger partial charge in [-0.2, -0.15) is 5.10 Å². The van der Waals surface area contributed by atoms with Gasteiger partial charge in [0.25, 0.3) is 0 Å². The van der Waals surface area contributed by atoms with Gasteiger partial charge in [0.05, 0.1) is 0 Å². The first-order valence-corrected chi connectivity index (χ1v) is 3.41. The van der Waals surface area contributed by atoms with E-state index in [9.17, 15) is 9.59 Å². The maximum Gasteiger partial charge on any atom is 0.353 e. The standard InChI is InChI=1S/C6H8N4O3/c1-7-6(13)8-4-2-3(5(11)12)9-10-4/h2H,1H3,(H,11,12)(H3,7,8,9,10,13). The number of anilines is 1. The van der Waals surface area contributed by atoms with E-state index >= 15 is 0 Å². The number of nitrogens with zero attached hydrogens (tertiary/aromatic N) is 1. The summed E-state index contributed by atoms with van der Waals surface area (Å²) in [6.45, 7) is 0. The first-order chi connectivity index (χ1) is 6.13. The number of H-pyrrole nitrogens is 1. The minimum Gasteiger partial charge on any atom is -0.477 e. The molecule has 0 saturated carbocycles. The molecule has 0 saturated heterocycles. The summed E-state index contributed by atoms with van der Waals surface area (Å²) in [5.41, 5.74) is -0.0774. The molecule has 70 valence electrons. The lowest BCUT2D eigenvalue weighted by Crippen LogP contribution is -2.24. The van der Waals surface area contributed by atoms with E-state index in [0.29, 0.717) is 0 Å². The SMILES string of the molecule is CNC(=O)Nc1cc(C(=O)O)[nH]n1. The number of hydrogen-bond donors (Lipinski definition) is 4. The molecular formula is C6H8N4O3. The normalized spacial score (nSPS) is 9.31. The van der Waals surface area contributed by atoms with Gasteiger partial charge in [0.2, 0.25) is 0 Å². The largest absolute Gasteiger partial charge is 0.477 e. The molecule has 1 heterocycles. The van der Waals surface area contributed by atoms with Gasteiger partial charge in [0, 0.05) is 13.1 Å². The zero-order valence-electron chi connectivity index (χ0n) is 6.79. The van der Waals surface area contributed by atoms with E-state index in [1.807, 2.05) is 0 Å². The summed E-state index contributed by atoms with van der Waals surface area (Å²) < 4.78 is 0. The van der Waals surface area contributed by atoms with Gasteiger partial charge >= 0.3 is 12.0 Å². The van der Waals surface area contributed by atoms with Crippen molar-refractivity contribution in [2.24, 2.45) is 0 Å². The van der Waals surface area contributed by atoms with Gasteiger partial charge in [0.15, 0.2) is 5.82 Å². The summed E-state index contributed by atoms with van der Waals surface area (Å²) >= 11 is 0. The number of nitrogens with one attached hydrogen (secondary N) is 3. The van der Waals surface area contributed by atoms with Crippen LogP contribution in [0.5, 0.6) is 0 Å². The Morgan fingerprint density at radius 1 is 1.62 bits per heavy atom. The number of amides is 2. The second-order valence-electron chi connectivity index (χ2n) is 2.18. The van der Waals surface area contributed by atoms with Gasteiger partial charge in [-0.1, -0.05) is 0 Å². The molecule has 0 spiro atoms. The molecule has 0 fully saturated rings. The van der Waals surface area contributed by atoms with Gasteiger partial charge in [0.1, 0.15) is 5.69 Å². The first kappa shape index (κ1) is 9.04. The molecular weight excluding hydrogens is 176 g/mol. The number of carboxylic acids is 1. The lowest BCUT2D eigenvalue weighted by atomic mass is 10.4. The second-order valence-corrected chi connectivity index (χ2v) is 2.18. The zero-order chi connectivity index (χ0) is 9.84. The molecule has 0 aliphatic rings. The molecule has 0 aliphatic heterocycles. The van der Waals surface area contributed by atoms with E-state index in [1.165, 1.54) is 13.1 Å². The third kappa shape index (κ3) is 2.19. The quantitative estimate of drug-likeness (QED) is 0.513. The van der Waals surface area contributed by atoms with Gasteiger partial charge in [-0.25, -0.2) is 9.59 Å². The Labute approximate surface area is 73.1 Å². The average molecular weight is 184 g/mol. The number of aromatic carboxylic acids is 1. The number of aromatic nitrogens is 2. The Morgan fingerprint density at radius 2 is 2.31 bits per heavy atom. The summed E-state index contributed by atoms with van der Waals surface area (Å²) in [7, 11) is 1.44. The minimum absolute atomic E-state index is 0.0774. The fourth-order valence-electron chi connectivity index (χ4n) is 0.674. The van der Waals surface area contributed by atoms with Crippen LogP contribution in [0.15, 0.2) is 6.07 Å². The first-order valence-electron chi connectivity index (χ1n) is 3.41. The highest BCUT2D eigenvalue weighted by Crippen LogP contribution is 2.04. The molecule has 1 aromatic rings. The molecule has 4 N–H and O–H groups in total. The van der Waals surface area contributed by atoms with Crippen molar-refractivity contribution in [3.63, 3.8) is 0 Å². The van der Waals surface area contributed by atoms with Crippen molar-refractivity contribution in [3.05, 3.63) is 11.8 Å². The monoisotopic (exact) mass is 184 g/mol. The van der Waals surface area contributed by atoms with Crippen molar-refractivity contribution in [3.8, 4) is 0 Å². The third-order valence-corrected chi connectivity index (χ3v) is 1.28. The Morgan fingerprint density at radius 3 is 2.77 bits per heavy atom. The molecule has 1 rings (SSSR count). The predicted octanol–water partition coefficient (Wildman–Crippen LogP) is -0.141. The van der Waals surface area contributed by atoms with Gasteiger partial charge in [-0.05, 0) is 0 Å². The molecule has 0 atom stereocenters. The Hall–Kier alpha value is -2.05. The number of carbonyl (C=O) groups excluding carboxylic acids is 1. The van der Waals surface area contributed by atoms with Crippen LogP contribution in [0.1, 0.15) is 10.5 Å². The van der Waals surface area contributed by atoms with E-state index in [2.05, 4.69) is 20.8 Å². The highest BCUT2D eigenvalue weighted by Gasteiger charge is 2.08. The predicted molar refractivity (Wildman–Crippen MR) is 43.6 cm³/mol. The van der Waals surface area contributed by atoms with Gasteiger partial charge in [-0.3, -0.25) is 10.4 Å². The molecule has 7 heteroatoms. The Kier molecular flexibility index (Phi) is 2.48. The van der Waals surface area contributed by atoms with E-state index in [-0.39, 0.29) is 11.5 Å². The summed E-state index contributed by atoms with van der Waals surface area (Å²) in [6.07, 6.45) is 0. The Balaban J connectivity index is 2.69. The van der Waals surface area contributed by atoms with Gasteiger partial charge < -0.3 is 10.4 Å². The number of aromatic amines is 1. The van der Waals surface area contributed by atoms with E-state index in [4.69, 9.17) is 5.11 Å². The second kappa shape index (κ2) is 3.57. The van der Waals surface area contributed by atoms with Crippen molar-refractivity contribution in [1.29, 1.82) is 0 Å². The fraction of sp³-hybridized carbons (Fsp3) is 0.167. The molecule has 0 radical (unpaired) electrons. The molecule has 7 nitrogen and oxygen atoms in total. The topological polar surface area (TPSA) is 107 Å². The van der Waals surface area contributed by atoms with Crippen LogP contribution in [0.25, 0.3) is 0 Å². The molecule has 0 aliphatic carbocycles. The minimum atomic E-state index is -1.13. The van der Waals surface area contributed by atoms with Crippen LogP contribution >= 0.6 is 0 Å². The van der Waals surface area contributed by atoms with Crippen molar-refractivity contribution in [2.45, 2.75) is 0 Å². The van der Waals surface area contributed by atoms with Crippen LogP contribution in [0, 0.1) is 0 Å². The number of urea groups is 1. The smallest absolute Gasteiger partial charge is 0.353 e. The number of carboxylic acid groups (broad SMARTS) is 1. The molecule has 2 amide bonds. The van der Waals surface area contributed by atoms with Crippen molar-refractivity contribution in [1.82, 2.24) is 15.5 Å². The van der Waals surface area contributed by atoms with Crippen LogP contribution < -0.4 is 10.6 Å². The number of rotatable bonds is 2. The molecule has 13 heavy (non-hydrogen) atoms. The number of hydrogen-bond acceptors (Lipinski definition) is 3. The molecule has 0 unspecified atom stereocenters. The van der Waals surface area contributed by atoms with E-state index < -0.39 is 12.0 Å². The summed E-state index contributed by atoms with van der Waals surface area (Å²) in [5.74, 6) is -0.964. The van der Waals surface area contributed by atoms with Crippen LogP contribution in [0.4, 0.5) is 10.6 Å². The van der Waals surface area contributed by atoms with Crippen LogP contribution in [0.3, 0.4) is 0 Å². The van der Waals surface area contributed by atoms with Crippen molar-refractivity contribution >= 4 is 17.8 Å². The molecule has 1 aromatic heterocycles. The van der Waals surface area contributed by atoms with E-state index in [1.54, 1.807) is 0 Å². The summed E-state index contributed by atoms with van der Waals surface area (Å²) in [6, 6.07) is 0.765. The van der Waals surface area contributed by atoms with Crippen LogP contribution in [-0.2, 0) is 0 Å². The molecule has 0 bridgehead atoms. The fourth-order valence-corrected chi connectivity index (χ4v) is 0.674. The maximum absolute atomic E-state index is 10.7.